The summed E-state index contributed by atoms with van der Waals surface area (Å²) in [5.74, 6) is 1.77. The first-order valence-electron chi connectivity index (χ1n) is 6.25. The van der Waals surface area contributed by atoms with E-state index < -0.39 is 0 Å². The monoisotopic (exact) mass is 273 g/mol. The van der Waals surface area contributed by atoms with E-state index in [0.717, 1.165) is 28.1 Å². The molecule has 1 unspecified atom stereocenters. The molecule has 1 atom stereocenters. The predicted molar refractivity (Wildman–Crippen MR) is 77.8 cm³/mol. The highest BCUT2D eigenvalue weighted by atomic mass is 32.2. The molecule has 4 nitrogen and oxygen atoms in total. The number of nitrogens with one attached hydrogen (secondary N) is 2. The molecule has 1 saturated heterocycles. The Balaban J connectivity index is 1.66. The van der Waals surface area contributed by atoms with Crippen molar-refractivity contribution in [2.24, 2.45) is 0 Å². The van der Waals surface area contributed by atoms with E-state index in [1.54, 1.807) is 11.8 Å². The number of hydrogen-bond donors (Lipinski definition) is 2. The van der Waals surface area contributed by atoms with Crippen molar-refractivity contribution >= 4 is 28.6 Å². The number of pyridine rings is 1. The Labute approximate surface area is 116 Å². The predicted octanol–water partition coefficient (Wildman–Crippen LogP) is 1.51. The van der Waals surface area contributed by atoms with Crippen LogP contribution in [0.2, 0.25) is 0 Å². The highest BCUT2D eigenvalue weighted by molar-refractivity contribution is 7.99. The lowest BCUT2D eigenvalue weighted by molar-refractivity contribution is -0.122. The van der Waals surface area contributed by atoms with Crippen LogP contribution < -0.4 is 10.6 Å². The zero-order chi connectivity index (χ0) is 13.1. The largest absolute Gasteiger partial charge is 0.351 e. The van der Waals surface area contributed by atoms with Crippen molar-refractivity contribution in [2.45, 2.75) is 12.6 Å². The number of carbonyl (C=O) groups excluding carboxylic acids is 1. The van der Waals surface area contributed by atoms with E-state index in [4.69, 9.17) is 0 Å². The van der Waals surface area contributed by atoms with Gasteiger partial charge in [0.15, 0.2) is 0 Å². The number of rotatable bonds is 3. The van der Waals surface area contributed by atoms with Crippen LogP contribution in [0.3, 0.4) is 0 Å². The van der Waals surface area contributed by atoms with E-state index in [-0.39, 0.29) is 11.9 Å². The maximum absolute atomic E-state index is 11.9. The quantitative estimate of drug-likeness (QED) is 0.890. The average Bonchev–Trinajstić information content (AvgIpc) is 2.99. The van der Waals surface area contributed by atoms with Crippen molar-refractivity contribution in [1.82, 2.24) is 15.6 Å². The van der Waals surface area contributed by atoms with E-state index in [2.05, 4.69) is 21.7 Å². The molecule has 2 N–H and O–H groups in total. The Bertz CT molecular complexity index is 596. The summed E-state index contributed by atoms with van der Waals surface area (Å²) in [5, 5.41) is 7.21. The summed E-state index contributed by atoms with van der Waals surface area (Å²) < 4.78 is 0. The molecule has 2 heterocycles. The molecule has 19 heavy (non-hydrogen) atoms. The zero-order valence-electron chi connectivity index (χ0n) is 10.4. The molecule has 2 aromatic rings. The maximum Gasteiger partial charge on any atom is 0.238 e. The van der Waals surface area contributed by atoms with Crippen LogP contribution in [0.25, 0.3) is 10.9 Å². The van der Waals surface area contributed by atoms with Crippen molar-refractivity contribution in [3.05, 3.63) is 42.1 Å². The lowest BCUT2D eigenvalue weighted by atomic mass is 10.1. The average molecular weight is 273 g/mol. The molecule has 1 aromatic heterocycles. The van der Waals surface area contributed by atoms with Crippen LogP contribution in [0.1, 0.15) is 5.56 Å². The Morgan fingerprint density at radius 1 is 1.47 bits per heavy atom. The summed E-state index contributed by atoms with van der Waals surface area (Å²) in [5.41, 5.74) is 2.00. The van der Waals surface area contributed by atoms with E-state index >= 15 is 0 Å². The standard InChI is InChI=1S/C14H15N3OS/c18-14(13-8-19-9-17-13)16-7-10-5-11-3-1-2-4-12(11)15-6-10/h1-6,13,17H,7-9H2,(H,16,18). The van der Waals surface area contributed by atoms with Gasteiger partial charge in [0.2, 0.25) is 5.91 Å². The Morgan fingerprint density at radius 3 is 3.21 bits per heavy atom. The minimum Gasteiger partial charge on any atom is -0.351 e. The molecular weight excluding hydrogens is 258 g/mol. The molecule has 1 amide bonds. The maximum atomic E-state index is 11.9. The number of thioether (sulfide) groups is 1. The van der Waals surface area contributed by atoms with Gasteiger partial charge in [-0.3, -0.25) is 15.1 Å². The third-order valence-corrected chi connectivity index (χ3v) is 4.09. The van der Waals surface area contributed by atoms with Gasteiger partial charge in [-0.05, 0) is 17.7 Å². The molecule has 1 aliphatic heterocycles. The molecule has 1 aromatic carbocycles. The molecule has 0 aliphatic carbocycles. The summed E-state index contributed by atoms with van der Waals surface area (Å²) in [7, 11) is 0. The highest BCUT2D eigenvalue weighted by Crippen LogP contribution is 2.13. The number of aromatic nitrogens is 1. The minimum atomic E-state index is -0.0570. The number of hydrogen-bond acceptors (Lipinski definition) is 4. The normalized spacial score (nSPS) is 18.6. The number of nitrogens with zero attached hydrogens (tertiary/aromatic N) is 1. The van der Waals surface area contributed by atoms with Gasteiger partial charge in [0, 0.05) is 29.8 Å². The topological polar surface area (TPSA) is 54.0 Å². The summed E-state index contributed by atoms with van der Waals surface area (Å²) >= 11 is 1.75. The molecule has 0 radical (unpaired) electrons. The van der Waals surface area contributed by atoms with Gasteiger partial charge in [-0.25, -0.2) is 0 Å². The number of benzene rings is 1. The molecule has 98 valence electrons. The fourth-order valence-electron chi connectivity index (χ4n) is 2.09. The number of fused-ring (bicyclic) bond motifs is 1. The van der Waals surface area contributed by atoms with Crippen LogP contribution in [0.4, 0.5) is 0 Å². The number of para-hydroxylation sites is 1. The second-order valence-corrected chi connectivity index (χ2v) is 5.56. The summed E-state index contributed by atoms with van der Waals surface area (Å²) in [6, 6.07) is 9.99. The van der Waals surface area contributed by atoms with Crippen molar-refractivity contribution in [1.29, 1.82) is 0 Å². The lowest BCUT2D eigenvalue weighted by Gasteiger charge is -2.10. The molecule has 0 saturated carbocycles. The second-order valence-electron chi connectivity index (χ2n) is 4.53. The van der Waals surface area contributed by atoms with Gasteiger partial charge >= 0.3 is 0 Å². The van der Waals surface area contributed by atoms with Crippen LogP contribution in [-0.2, 0) is 11.3 Å². The molecule has 5 heteroatoms. The van der Waals surface area contributed by atoms with Gasteiger partial charge < -0.3 is 5.32 Å². The first-order valence-corrected chi connectivity index (χ1v) is 7.41. The molecular formula is C14H15N3OS. The van der Waals surface area contributed by atoms with Crippen LogP contribution in [-0.4, -0.2) is 28.6 Å². The van der Waals surface area contributed by atoms with Crippen molar-refractivity contribution < 1.29 is 4.79 Å². The third kappa shape index (κ3) is 2.88. The zero-order valence-corrected chi connectivity index (χ0v) is 11.2. The SMILES string of the molecule is O=C(NCc1cnc2ccccc2c1)C1CSCN1. The van der Waals surface area contributed by atoms with Gasteiger partial charge in [0.25, 0.3) is 0 Å². The van der Waals surface area contributed by atoms with E-state index in [1.165, 1.54) is 0 Å². The molecule has 0 bridgehead atoms. The molecule has 0 spiro atoms. The number of carbonyl (C=O) groups is 1. The summed E-state index contributed by atoms with van der Waals surface area (Å²) in [6.45, 7) is 0.527. The van der Waals surface area contributed by atoms with E-state index in [1.807, 2.05) is 30.5 Å². The minimum absolute atomic E-state index is 0.0570. The van der Waals surface area contributed by atoms with Crippen molar-refractivity contribution in [2.75, 3.05) is 11.6 Å². The third-order valence-electron chi connectivity index (χ3n) is 3.15. The summed E-state index contributed by atoms with van der Waals surface area (Å²) in [4.78, 5) is 16.3. The van der Waals surface area contributed by atoms with Gasteiger partial charge in [0.1, 0.15) is 0 Å². The van der Waals surface area contributed by atoms with Crippen LogP contribution in [0, 0.1) is 0 Å². The van der Waals surface area contributed by atoms with Gasteiger partial charge in [-0.1, -0.05) is 18.2 Å². The first kappa shape index (κ1) is 12.4. The Hall–Kier alpha value is -1.59. The van der Waals surface area contributed by atoms with E-state index in [0.29, 0.717) is 6.54 Å². The number of amides is 1. The molecule has 3 rings (SSSR count). The van der Waals surface area contributed by atoms with Crippen molar-refractivity contribution in [3.63, 3.8) is 0 Å². The molecule has 1 aliphatic rings. The lowest BCUT2D eigenvalue weighted by Crippen LogP contribution is -2.41. The molecule has 1 fully saturated rings. The van der Waals surface area contributed by atoms with Crippen LogP contribution in [0.5, 0.6) is 0 Å². The van der Waals surface area contributed by atoms with Crippen molar-refractivity contribution in [3.8, 4) is 0 Å². The Kier molecular flexibility index (Phi) is 3.66. The van der Waals surface area contributed by atoms with Crippen LogP contribution >= 0.6 is 11.8 Å². The van der Waals surface area contributed by atoms with Gasteiger partial charge in [-0.2, -0.15) is 0 Å². The van der Waals surface area contributed by atoms with Gasteiger partial charge in [-0.15, -0.1) is 11.8 Å². The summed E-state index contributed by atoms with van der Waals surface area (Å²) in [6.07, 6.45) is 1.82. The Morgan fingerprint density at radius 2 is 2.37 bits per heavy atom. The fourth-order valence-corrected chi connectivity index (χ4v) is 3.03. The van der Waals surface area contributed by atoms with Crippen LogP contribution in [0.15, 0.2) is 36.5 Å². The van der Waals surface area contributed by atoms with E-state index in [9.17, 15) is 4.79 Å². The smallest absolute Gasteiger partial charge is 0.238 e. The van der Waals surface area contributed by atoms with Gasteiger partial charge in [0.05, 0.1) is 11.6 Å². The second kappa shape index (κ2) is 5.59. The fraction of sp³-hybridized carbons (Fsp3) is 0.286. The highest BCUT2D eigenvalue weighted by Gasteiger charge is 2.21. The first-order chi connectivity index (χ1) is 9.33.